The van der Waals surface area contributed by atoms with Crippen molar-refractivity contribution in [1.82, 2.24) is 4.90 Å². The lowest BCUT2D eigenvalue weighted by atomic mass is 9.94. The maximum Gasteiger partial charge on any atom is 0.0656 e. The van der Waals surface area contributed by atoms with Gasteiger partial charge >= 0.3 is 0 Å². The van der Waals surface area contributed by atoms with Crippen LogP contribution >= 0.6 is 0 Å². The van der Waals surface area contributed by atoms with Gasteiger partial charge in [-0.1, -0.05) is 0 Å². The summed E-state index contributed by atoms with van der Waals surface area (Å²) in [5, 5.41) is 8.71. The zero-order valence-electron chi connectivity index (χ0n) is 8.30. The van der Waals surface area contributed by atoms with Crippen molar-refractivity contribution in [3.8, 4) is 6.07 Å². The maximum absolute atomic E-state index is 8.71. The van der Waals surface area contributed by atoms with Crippen LogP contribution in [0.4, 0.5) is 0 Å². The zero-order valence-corrected chi connectivity index (χ0v) is 8.30. The molecule has 0 bridgehead atoms. The van der Waals surface area contributed by atoms with Crippen LogP contribution in [0.2, 0.25) is 0 Å². The Morgan fingerprint density at radius 3 is 2.08 bits per heavy atom. The molecule has 0 aromatic heterocycles. The Kier molecular flexibility index (Phi) is 2.74. The summed E-state index contributed by atoms with van der Waals surface area (Å²) >= 11 is 0. The van der Waals surface area contributed by atoms with Crippen molar-refractivity contribution in [2.75, 3.05) is 13.1 Å². The molecule has 0 saturated carbocycles. The van der Waals surface area contributed by atoms with Gasteiger partial charge in [-0.15, -0.1) is 0 Å². The molecule has 0 radical (unpaired) electrons. The van der Waals surface area contributed by atoms with Gasteiger partial charge in [0.1, 0.15) is 0 Å². The molecule has 0 aromatic carbocycles. The molecular formula is C10H18N2. The molecule has 0 amide bonds. The lowest BCUT2D eigenvalue weighted by molar-refractivity contribution is 0.0983. The van der Waals surface area contributed by atoms with E-state index in [2.05, 4.69) is 31.7 Å². The van der Waals surface area contributed by atoms with Crippen molar-refractivity contribution in [2.24, 2.45) is 5.92 Å². The zero-order chi connectivity index (χ0) is 9.19. The highest BCUT2D eigenvalue weighted by atomic mass is 15.2. The van der Waals surface area contributed by atoms with E-state index < -0.39 is 0 Å². The Hall–Kier alpha value is -0.550. The first-order valence-corrected chi connectivity index (χ1v) is 4.68. The molecule has 68 valence electrons. The molecule has 0 N–H and O–H groups in total. The van der Waals surface area contributed by atoms with E-state index in [1.165, 1.54) is 0 Å². The molecule has 0 spiro atoms. The molecule has 2 nitrogen and oxygen atoms in total. The van der Waals surface area contributed by atoms with Crippen LogP contribution in [0.15, 0.2) is 0 Å². The molecule has 1 aliphatic heterocycles. The fourth-order valence-electron chi connectivity index (χ4n) is 1.68. The minimum absolute atomic E-state index is 0.278. The van der Waals surface area contributed by atoms with Gasteiger partial charge in [0.05, 0.1) is 6.07 Å². The standard InChI is InChI=1S/C10H18N2/c1-10(2,3)12-6-4-9(8-11)5-7-12/h9H,4-7H2,1-3H3. The summed E-state index contributed by atoms with van der Waals surface area (Å²) in [7, 11) is 0. The molecule has 0 atom stereocenters. The Labute approximate surface area is 75.2 Å². The summed E-state index contributed by atoms with van der Waals surface area (Å²) in [6.45, 7) is 8.88. The van der Waals surface area contributed by atoms with E-state index in [1.807, 2.05) is 0 Å². The van der Waals surface area contributed by atoms with Crippen LogP contribution in [0, 0.1) is 17.2 Å². The van der Waals surface area contributed by atoms with Gasteiger partial charge in [-0.2, -0.15) is 5.26 Å². The van der Waals surface area contributed by atoms with Crippen molar-refractivity contribution < 1.29 is 0 Å². The SMILES string of the molecule is CC(C)(C)N1CCC(C#N)CC1. The predicted molar refractivity (Wildman–Crippen MR) is 49.7 cm³/mol. The number of nitriles is 1. The lowest BCUT2D eigenvalue weighted by Gasteiger charge is -2.39. The third-order valence-electron chi connectivity index (χ3n) is 2.63. The highest BCUT2D eigenvalue weighted by Crippen LogP contribution is 2.22. The smallest absolute Gasteiger partial charge is 0.0656 e. The average molecular weight is 166 g/mol. The van der Waals surface area contributed by atoms with Crippen LogP contribution in [0.25, 0.3) is 0 Å². The lowest BCUT2D eigenvalue weighted by Crippen LogP contribution is -2.45. The summed E-state index contributed by atoms with van der Waals surface area (Å²) < 4.78 is 0. The van der Waals surface area contributed by atoms with E-state index in [0.29, 0.717) is 5.92 Å². The van der Waals surface area contributed by atoms with E-state index in [0.717, 1.165) is 25.9 Å². The number of hydrogen-bond acceptors (Lipinski definition) is 2. The second-order valence-electron chi connectivity index (χ2n) is 4.56. The van der Waals surface area contributed by atoms with Crippen LogP contribution in [0.3, 0.4) is 0 Å². The molecule has 1 rings (SSSR count). The summed E-state index contributed by atoms with van der Waals surface area (Å²) in [5.41, 5.74) is 0.278. The Bertz CT molecular complexity index is 177. The first-order valence-electron chi connectivity index (χ1n) is 4.68. The minimum atomic E-state index is 0.278. The van der Waals surface area contributed by atoms with Crippen LogP contribution < -0.4 is 0 Å². The van der Waals surface area contributed by atoms with E-state index in [9.17, 15) is 0 Å². The van der Waals surface area contributed by atoms with Gasteiger partial charge in [0.25, 0.3) is 0 Å². The minimum Gasteiger partial charge on any atom is -0.298 e. The highest BCUT2D eigenvalue weighted by Gasteiger charge is 2.26. The van der Waals surface area contributed by atoms with Gasteiger partial charge < -0.3 is 0 Å². The van der Waals surface area contributed by atoms with Crippen molar-refractivity contribution in [1.29, 1.82) is 5.26 Å². The number of likely N-dealkylation sites (tertiary alicyclic amines) is 1. The molecule has 12 heavy (non-hydrogen) atoms. The second-order valence-corrected chi connectivity index (χ2v) is 4.56. The average Bonchev–Trinajstić information content (AvgIpc) is 2.03. The monoisotopic (exact) mass is 166 g/mol. The van der Waals surface area contributed by atoms with Crippen molar-refractivity contribution in [3.05, 3.63) is 0 Å². The van der Waals surface area contributed by atoms with Gasteiger partial charge in [-0.3, -0.25) is 4.90 Å². The maximum atomic E-state index is 8.71. The Morgan fingerprint density at radius 2 is 1.75 bits per heavy atom. The number of rotatable bonds is 0. The predicted octanol–water partition coefficient (Wildman–Crippen LogP) is 2.02. The normalized spacial score (nSPS) is 22.2. The van der Waals surface area contributed by atoms with Gasteiger partial charge in [0, 0.05) is 11.5 Å². The fourth-order valence-corrected chi connectivity index (χ4v) is 1.68. The van der Waals surface area contributed by atoms with Crippen molar-refractivity contribution in [2.45, 2.75) is 39.2 Å². The number of hydrogen-bond donors (Lipinski definition) is 0. The summed E-state index contributed by atoms with van der Waals surface area (Å²) in [6, 6.07) is 2.35. The van der Waals surface area contributed by atoms with Crippen molar-refractivity contribution >= 4 is 0 Å². The third-order valence-corrected chi connectivity index (χ3v) is 2.63. The molecule has 1 aliphatic rings. The highest BCUT2D eigenvalue weighted by molar-refractivity contribution is 4.90. The number of nitrogens with zero attached hydrogens (tertiary/aromatic N) is 2. The molecule has 0 aromatic rings. The molecule has 0 aliphatic carbocycles. The molecule has 1 saturated heterocycles. The van der Waals surface area contributed by atoms with Crippen LogP contribution in [0.5, 0.6) is 0 Å². The first kappa shape index (κ1) is 9.54. The van der Waals surface area contributed by atoms with Crippen LogP contribution in [-0.2, 0) is 0 Å². The summed E-state index contributed by atoms with van der Waals surface area (Å²) in [6.07, 6.45) is 2.10. The Morgan fingerprint density at radius 1 is 1.25 bits per heavy atom. The third kappa shape index (κ3) is 2.22. The van der Waals surface area contributed by atoms with Gasteiger partial charge in [0.15, 0.2) is 0 Å². The first-order chi connectivity index (χ1) is 5.54. The molecular weight excluding hydrogens is 148 g/mol. The van der Waals surface area contributed by atoms with Crippen LogP contribution in [0.1, 0.15) is 33.6 Å². The summed E-state index contributed by atoms with van der Waals surface area (Å²) in [5.74, 6) is 0.309. The van der Waals surface area contributed by atoms with E-state index in [1.54, 1.807) is 0 Å². The van der Waals surface area contributed by atoms with Gasteiger partial charge in [-0.05, 0) is 46.7 Å². The van der Waals surface area contributed by atoms with E-state index in [4.69, 9.17) is 5.26 Å². The molecule has 0 unspecified atom stereocenters. The Balaban J connectivity index is 2.42. The number of piperidine rings is 1. The van der Waals surface area contributed by atoms with Crippen molar-refractivity contribution in [3.63, 3.8) is 0 Å². The fraction of sp³-hybridized carbons (Fsp3) is 0.900. The van der Waals surface area contributed by atoms with E-state index >= 15 is 0 Å². The van der Waals surface area contributed by atoms with E-state index in [-0.39, 0.29) is 5.54 Å². The van der Waals surface area contributed by atoms with Gasteiger partial charge in [0.2, 0.25) is 0 Å². The largest absolute Gasteiger partial charge is 0.298 e. The van der Waals surface area contributed by atoms with Gasteiger partial charge in [-0.25, -0.2) is 0 Å². The second kappa shape index (κ2) is 3.45. The quantitative estimate of drug-likeness (QED) is 0.550. The summed E-state index contributed by atoms with van der Waals surface area (Å²) in [4.78, 5) is 2.46. The molecule has 1 fully saturated rings. The topological polar surface area (TPSA) is 27.0 Å². The molecule has 1 heterocycles. The molecule has 2 heteroatoms. The van der Waals surface area contributed by atoms with Crippen LogP contribution in [-0.4, -0.2) is 23.5 Å².